The molecule has 0 aromatic carbocycles. The molecule has 0 spiro atoms. The Balaban J connectivity index is 2.04. The monoisotopic (exact) mass is 600 g/mol. The summed E-state index contributed by atoms with van der Waals surface area (Å²) in [6.45, 7) is 5.76. The van der Waals surface area contributed by atoms with Crippen LogP contribution in [-0.2, 0) is 9.47 Å². The first kappa shape index (κ1) is 39.9. The van der Waals surface area contributed by atoms with Crippen LogP contribution in [0, 0.1) is 0 Å². The van der Waals surface area contributed by atoms with Gasteiger partial charge in [-0.3, -0.25) is 0 Å². The largest absolute Gasteiger partial charge is 0.347 e. The SMILES string of the molecule is CCCCCC=CCC=CCCCCCCCCC1(CCCCCCCCC=CCC=CCCCCC)OC[C@H](CN)O1. The van der Waals surface area contributed by atoms with Gasteiger partial charge in [-0.2, -0.15) is 0 Å². The topological polar surface area (TPSA) is 44.5 Å². The average Bonchev–Trinajstić information content (AvgIpc) is 3.44. The summed E-state index contributed by atoms with van der Waals surface area (Å²) in [7, 11) is 0. The van der Waals surface area contributed by atoms with Gasteiger partial charge >= 0.3 is 0 Å². The van der Waals surface area contributed by atoms with Crippen LogP contribution in [0.25, 0.3) is 0 Å². The molecular weight excluding hydrogens is 526 g/mol. The van der Waals surface area contributed by atoms with Crippen molar-refractivity contribution in [2.45, 2.75) is 193 Å². The number of nitrogens with two attached hydrogens (primary N) is 1. The molecule has 1 atom stereocenters. The third-order valence-electron chi connectivity index (χ3n) is 8.69. The van der Waals surface area contributed by atoms with E-state index in [2.05, 4.69) is 62.5 Å². The van der Waals surface area contributed by atoms with E-state index in [-0.39, 0.29) is 11.9 Å². The highest BCUT2D eigenvalue weighted by molar-refractivity contribution is 4.93. The van der Waals surface area contributed by atoms with Crippen molar-refractivity contribution >= 4 is 0 Å². The fourth-order valence-corrected chi connectivity index (χ4v) is 5.89. The molecule has 3 nitrogen and oxygen atoms in total. The lowest BCUT2D eigenvalue weighted by atomic mass is 9.98. The molecule has 1 heterocycles. The molecule has 2 N–H and O–H groups in total. The summed E-state index contributed by atoms with van der Waals surface area (Å²) in [5, 5.41) is 0. The number of hydrogen-bond donors (Lipinski definition) is 1. The van der Waals surface area contributed by atoms with E-state index in [0.29, 0.717) is 13.2 Å². The van der Waals surface area contributed by atoms with Gasteiger partial charge in [0.05, 0.1) is 12.7 Å². The van der Waals surface area contributed by atoms with Gasteiger partial charge in [-0.15, -0.1) is 0 Å². The summed E-state index contributed by atoms with van der Waals surface area (Å²) in [5.74, 6) is -0.367. The van der Waals surface area contributed by atoms with Crippen molar-refractivity contribution in [3.8, 4) is 0 Å². The van der Waals surface area contributed by atoms with Crippen LogP contribution >= 0.6 is 0 Å². The van der Waals surface area contributed by atoms with E-state index in [9.17, 15) is 0 Å². The Kier molecular flexibility index (Phi) is 28.6. The fraction of sp³-hybridized carbons (Fsp3) is 0.800. The third kappa shape index (κ3) is 24.8. The van der Waals surface area contributed by atoms with Gasteiger partial charge in [-0.05, 0) is 77.0 Å². The summed E-state index contributed by atoms with van der Waals surface area (Å²) in [6, 6.07) is 0. The highest BCUT2D eigenvalue weighted by atomic mass is 16.7. The summed E-state index contributed by atoms with van der Waals surface area (Å²) >= 11 is 0. The Morgan fingerprint density at radius 3 is 1.26 bits per heavy atom. The quantitative estimate of drug-likeness (QED) is 0.0636. The molecule has 1 aliphatic rings. The van der Waals surface area contributed by atoms with Crippen LogP contribution in [0.2, 0.25) is 0 Å². The molecular formula is C40H73NO2. The second-order valence-corrected chi connectivity index (χ2v) is 12.9. The smallest absolute Gasteiger partial charge is 0.168 e. The van der Waals surface area contributed by atoms with E-state index in [1.165, 1.54) is 141 Å². The van der Waals surface area contributed by atoms with Gasteiger partial charge in [0.25, 0.3) is 0 Å². The van der Waals surface area contributed by atoms with Crippen molar-refractivity contribution in [1.82, 2.24) is 0 Å². The first-order valence-corrected chi connectivity index (χ1v) is 18.9. The maximum atomic E-state index is 6.37. The predicted molar refractivity (Wildman–Crippen MR) is 191 cm³/mol. The normalized spacial score (nSPS) is 19.4. The average molecular weight is 600 g/mol. The zero-order chi connectivity index (χ0) is 30.9. The second-order valence-electron chi connectivity index (χ2n) is 12.9. The minimum Gasteiger partial charge on any atom is -0.347 e. The minimum absolute atomic E-state index is 0.0780. The molecule has 0 bridgehead atoms. The fourth-order valence-electron chi connectivity index (χ4n) is 5.89. The van der Waals surface area contributed by atoms with Crippen molar-refractivity contribution in [2.75, 3.05) is 13.2 Å². The minimum atomic E-state index is -0.367. The van der Waals surface area contributed by atoms with Gasteiger partial charge in [0, 0.05) is 19.4 Å². The molecule has 0 radical (unpaired) electrons. The molecule has 3 heteroatoms. The maximum Gasteiger partial charge on any atom is 0.168 e. The lowest BCUT2D eigenvalue weighted by Crippen LogP contribution is -2.32. The van der Waals surface area contributed by atoms with Crippen molar-refractivity contribution in [1.29, 1.82) is 0 Å². The predicted octanol–water partition coefficient (Wildman–Crippen LogP) is 12.5. The molecule has 0 aromatic rings. The van der Waals surface area contributed by atoms with E-state index in [1.807, 2.05) is 0 Å². The van der Waals surface area contributed by atoms with Crippen molar-refractivity contribution < 1.29 is 9.47 Å². The molecule has 0 aromatic heterocycles. The van der Waals surface area contributed by atoms with E-state index in [4.69, 9.17) is 15.2 Å². The molecule has 0 unspecified atom stereocenters. The Labute approximate surface area is 269 Å². The van der Waals surface area contributed by atoms with Crippen molar-refractivity contribution in [3.63, 3.8) is 0 Å². The summed E-state index contributed by atoms with van der Waals surface area (Å²) in [5.41, 5.74) is 5.91. The Morgan fingerprint density at radius 1 is 0.512 bits per heavy atom. The second kappa shape index (κ2) is 30.8. The van der Waals surface area contributed by atoms with Crippen molar-refractivity contribution in [3.05, 3.63) is 48.6 Å². The Morgan fingerprint density at radius 2 is 0.884 bits per heavy atom. The van der Waals surface area contributed by atoms with E-state index >= 15 is 0 Å². The van der Waals surface area contributed by atoms with Gasteiger partial charge in [0.2, 0.25) is 0 Å². The van der Waals surface area contributed by atoms with E-state index < -0.39 is 0 Å². The van der Waals surface area contributed by atoms with Crippen LogP contribution < -0.4 is 5.73 Å². The van der Waals surface area contributed by atoms with Crippen LogP contribution in [-0.4, -0.2) is 25.0 Å². The molecule has 1 saturated heterocycles. The summed E-state index contributed by atoms with van der Waals surface area (Å²) in [4.78, 5) is 0. The number of ether oxygens (including phenoxy) is 2. The molecule has 43 heavy (non-hydrogen) atoms. The standard InChI is InChI=1S/C40H73NO2/c1-3-5-7-9-11-13-15-17-19-21-23-25-27-29-31-33-35-40(42-38-39(37-41)43-40)36-34-32-30-28-26-24-22-20-18-16-14-12-10-8-6-4-2/h11-14,17-20,39H,3-10,15-16,21-38,41H2,1-2H3/t39-,40?/m0/s1. The highest BCUT2D eigenvalue weighted by Crippen LogP contribution is 2.34. The summed E-state index contributed by atoms with van der Waals surface area (Å²) in [6.07, 6.45) is 51.6. The van der Waals surface area contributed by atoms with Gasteiger partial charge in [-0.1, -0.05) is 140 Å². The van der Waals surface area contributed by atoms with Gasteiger partial charge in [0.15, 0.2) is 5.79 Å². The van der Waals surface area contributed by atoms with Crippen LogP contribution in [0.4, 0.5) is 0 Å². The lowest BCUT2D eigenvalue weighted by molar-refractivity contribution is -0.178. The molecule has 1 aliphatic heterocycles. The number of unbranched alkanes of at least 4 members (excludes halogenated alkanes) is 18. The molecule has 0 aliphatic carbocycles. The molecule has 1 rings (SSSR count). The van der Waals surface area contributed by atoms with Gasteiger partial charge in [0.1, 0.15) is 0 Å². The van der Waals surface area contributed by atoms with Crippen LogP contribution in [0.1, 0.15) is 181 Å². The Hall–Kier alpha value is -1.16. The maximum absolute atomic E-state index is 6.37. The van der Waals surface area contributed by atoms with Crippen LogP contribution in [0.3, 0.4) is 0 Å². The van der Waals surface area contributed by atoms with Gasteiger partial charge < -0.3 is 15.2 Å². The van der Waals surface area contributed by atoms with E-state index in [0.717, 1.165) is 25.7 Å². The number of rotatable bonds is 31. The number of hydrogen-bond acceptors (Lipinski definition) is 3. The number of allylic oxidation sites excluding steroid dienone is 8. The molecule has 0 saturated carbocycles. The zero-order valence-corrected chi connectivity index (χ0v) is 28.9. The third-order valence-corrected chi connectivity index (χ3v) is 8.69. The van der Waals surface area contributed by atoms with E-state index in [1.54, 1.807) is 0 Å². The lowest BCUT2D eigenvalue weighted by Gasteiger charge is -2.28. The highest BCUT2D eigenvalue weighted by Gasteiger charge is 2.39. The molecule has 0 amide bonds. The first-order chi connectivity index (χ1) is 21.3. The Bertz CT molecular complexity index is 647. The van der Waals surface area contributed by atoms with Gasteiger partial charge in [-0.25, -0.2) is 0 Å². The molecule has 1 fully saturated rings. The first-order valence-electron chi connectivity index (χ1n) is 18.9. The molecule has 250 valence electrons. The zero-order valence-electron chi connectivity index (χ0n) is 28.9. The van der Waals surface area contributed by atoms with Crippen molar-refractivity contribution in [2.24, 2.45) is 5.73 Å². The summed E-state index contributed by atoms with van der Waals surface area (Å²) < 4.78 is 12.6. The van der Waals surface area contributed by atoms with Crippen LogP contribution in [0.5, 0.6) is 0 Å². The van der Waals surface area contributed by atoms with Crippen LogP contribution in [0.15, 0.2) is 48.6 Å².